The smallest absolute Gasteiger partial charge is 0.332 e. The molecule has 0 fully saturated rings. The Morgan fingerprint density at radius 1 is 1.33 bits per heavy atom. The molecule has 18 heavy (non-hydrogen) atoms. The van der Waals surface area contributed by atoms with Gasteiger partial charge < -0.3 is 15.5 Å². The molecule has 0 bridgehead atoms. The quantitative estimate of drug-likeness (QED) is 0.683. The van der Waals surface area contributed by atoms with Crippen LogP contribution in [0, 0.1) is 5.82 Å². The first-order valence-corrected chi connectivity index (χ1v) is 5.41. The third-order valence-corrected chi connectivity index (χ3v) is 2.33. The lowest BCUT2D eigenvalue weighted by Gasteiger charge is -2.07. The molecule has 0 aromatic heterocycles. The Hall–Kier alpha value is -1.95. The monoisotopic (exact) mass is 255 g/mol. The zero-order valence-corrected chi connectivity index (χ0v) is 9.60. The Morgan fingerprint density at radius 3 is 2.61 bits per heavy atom. The zero-order valence-electron chi connectivity index (χ0n) is 9.60. The summed E-state index contributed by atoms with van der Waals surface area (Å²) in [5, 5.41) is 19.8. The molecule has 1 unspecified atom stereocenters. The van der Waals surface area contributed by atoms with Crippen molar-refractivity contribution in [2.45, 2.75) is 18.9 Å². The maximum atomic E-state index is 13.2. The molecule has 6 heteroatoms. The number of hydrogen-bond acceptors (Lipinski definition) is 3. The molecule has 98 valence electrons. The van der Waals surface area contributed by atoms with Gasteiger partial charge in [0.25, 0.3) is 0 Å². The largest absolute Gasteiger partial charge is 0.479 e. The highest BCUT2D eigenvalue weighted by Crippen LogP contribution is 2.06. The van der Waals surface area contributed by atoms with Crippen molar-refractivity contribution in [2.24, 2.45) is 0 Å². The van der Waals surface area contributed by atoms with E-state index in [2.05, 4.69) is 5.32 Å². The van der Waals surface area contributed by atoms with Crippen LogP contribution in [-0.2, 0) is 16.0 Å². The number of rotatable bonds is 6. The number of carbonyl (C=O) groups excluding carboxylic acids is 1. The second-order valence-electron chi connectivity index (χ2n) is 3.76. The van der Waals surface area contributed by atoms with Crippen LogP contribution in [0.25, 0.3) is 0 Å². The summed E-state index contributed by atoms with van der Waals surface area (Å²) in [6.45, 7) is 0.0285. The lowest BCUT2D eigenvalue weighted by Crippen LogP contribution is -2.31. The molecule has 0 saturated carbocycles. The summed E-state index contributed by atoms with van der Waals surface area (Å²) < 4.78 is 13.2. The number of nitrogens with one attached hydrogen (secondary N) is 1. The van der Waals surface area contributed by atoms with Gasteiger partial charge in [0.15, 0.2) is 6.10 Å². The maximum absolute atomic E-state index is 13.2. The van der Waals surface area contributed by atoms with Crippen LogP contribution in [0.15, 0.2) is 24.3 Å². The zero-order chi connectivity index (χ0) is 13.5. The molecule has 0 aliphatic carbocycles. The first kappa shape index (κ1) is 14.1. The van der Waals surface area contributed by atoms with Gasteiger partial charge in [-0.3, -0.25) is 4.79 Å². The summed E-state index contributed by atoms with van der Waals surface area (Å²) >= 11 is 0. The SMILES string of the molecule is O=C(Cc1ccccc1F)NCCC(O)C(=O)O. The van der Waals surface area contributed by atoms with Gasteiger partial charge in [0.1, 0.15) is 5.82 Å². The molecule has 0 spiro atoms. The number of hydrogen-bond donors (Lipinski definition) is 3. The van der Waals surface area contributed by atoms with E-state index >= 15 is 0 Å². The van der Waals surface area contributed by atoms with E-state index in [0.717, 1.165) is 0 Å². The Bertz CT molecular complexity index is 436. The predicted molar refractivity (Wildman–Crippen MR) is 61.4 cm³/mol. The van der Waals surface area contributed by atoms with Gasteiger partial charge in [-0.05, 0) is 11.6 Å². The van der Waals surface area contributed by atoms with Crippen molar-refractivity contribution in [3.8, 4) is 0 Å². The molecule has 1 aromatic rings. The van der Waals surface area contributed by atoms with Crippen LogP contribution >= 0.6 is 0 Å². The van der Waals surface area contributed by atoms with Gasteiger partial charge in [-0.1, -0.05) is 18.2 Å². The summed E-state index contributed by atoms with van der Waals surface area (Å²) in [6, 6.07) is 5.91. The van der Waals surface area contributed by atoms with Gasteiger partial charge in [0, 0.05) is 13.0 Å². The lowest BCUT2D eigenvalue weighted by atomic mass is 10.1. The van der Waals surface area contributed by atoms with E-state index in [-0.39, 0.29) is 24.9 Å². The second kappa shape index (κ2) is 6.70. The molecule has 0 radical (unpaired) electrons. The van der Waals surface area contributed by atoms with E-state index in [1.54, 1.807) is 6.07 Å². The van der Waals surface area contributed by atoms with Gasteiger partial charge in [0.05, 0.1) is 6.42 Å². The number of aliphatic hydroxyl groups excluding tert-OH is 1. The highest BCUT2D eigenvalue weighted by atomic mass is 19.1. The van der Waals surface area contributed by atoms with Crippen molar-refractivity contribution in [3.63, 3.8) is 0 Å². The van der Waals surface area contributed by atoms with Crippen molar-refractivity contribution in [2.75, 3.05) is 6.54 Å². The van der Waals surface area contributed by atoms with Crippen LogP contribution in [0.5, 0.6) is 0 Å². The fraction of sp³-hybridized carbons (Fsp3) is 0.333. The Balaban J connectivity index is 2.35. The number of benzene rings is 1. The number of carboxylic acids is 1. The van der Waals surface area contributed by atoms with E-state index in [9.17, 15) is 14.0 Å². The maximum Gasteiger partial charge on any atom is 0.332 e. The average molecular weight is 255 g/mol. The predicted octanol–water partition coefficient (Wildman–Crippen LogP) is 0.320. The van der Waals surface area contributed by atoms with Crippen molar-refractivity contribution >= 4 is 11.9 Å². The minimum absolute atomic E-state index is 0.0285. The van der Waals surface area contributed by atoms with E-state index in [1.165, 1.54) is 18.2 Å². The van der Waals surface area contributed by atoms with Crippen molar-refractivity contribution < 1.29 is 24.2 Å². The highest BCUT2D eigenvalue weighted by Gasteiger charge is 2.13. The molecule has 1 aromatic carbocycles. The topological polar surface area (TPSA) is 86.6 Å². The number of aliphatic carboxylic acids is 1. The van der Waals surface area contributed by atoms with E-state index in [1.807, 2.05) is 0 Å². The van der Waals surface area contributed by atoms with Crippen molar-refractivity contribution in [1.82, 2.24) is 5.32 Å². The normalized spacial score (nSPS) is 11.9. The summed E-state index contributed by atoms with van der Waals surface area (Å²) in [7, 11) is 0. The number of halogens is 1. The molecule has 0 aliphatic heterocycles. The summed E-state index contributed by atoms with van der Waals surface area (Å²) in [5.41, 5.74) is 0.272. The molecule has 1 atom stereocenters. The van der Waals surface area contributed by atoms with Crippen LogP contribution < -0.4 is 5.32 Å². The summed E-state index contributed by atoms with van der Waals surface area (Å²) in [6.07, 6.45) is -1.70. The van der Waals surface area contributed by atoms with Crippen LogP contribution in [0.2, 0.25) is 0 Å². The molecule has 0 aliphatic rings. The summed E-state index contributed by atoms with van der Waals surface area (Å²) in [5.74, 6) is -2.21. The van der Waals surface area contributed by atoms with Gasteiger partial charge in [-0.15, -0.1) is 0 Å². The fourth-order valence-electron chi connectivity index (χ4n) is 1.35. The second-order valence-corrected chi connectivity index (χ2v) is 3.76. The van der Waals surface area contributed by atoms with Crippen molar-refractivity contribution in [3.05, 3.63) is 35.6 Å². The molecule has 0 saturated heterocycles. The number of amides is 1. The van der Waals surface area contributed by atoms with Gasteiger partial charge in [-0.2, -0.15) is 0 Å². The van der Waals surface area contributed by atoms with E-state index in [0.29, 0.717) is 0 Å². The highest BCUT2D eigenvalue weighted by molar-refractivity contribution is 5.78. The minimum Gasteiger partial charge on any atom is -0.479 e. The van der Waals surface area contributed by atoms with Gasteiger partial charge in [0.2, 0.25) is 5.91 Å². The summed E-state index contributed by atoms with van der Waals surface area (Å²) in [4.78, 5) is 21.7. The van der Waals surface area contributed by atoms with E-state index < -0.39 is 23.8 Å². The fourth-order valence-corrected chi connectivity index (χ4v) is 1.35. The first-order chi connectivity index (χ1) is 8.50. The Labute approximate surface area is 103 Å². The minimum atomic E-state index is -1.50. The lowest BCUT2D eigenvalue weighted by molar-refractivity contribution is -0.147. The molecule has 3 N–H and O–H groups in total. The standard InChI is InChI=1S/C12H14FNO4/c13-9-4-2-1-3-8(9)7-11(16)14-6-5-10(15)12(17)18/h1-4,10,15H,5-7H2,(H,14,16)(H,17,18). The Morgan fingerprint density at radius 2 is 2.00 bits per heavy atom. The van der Waals surface area contributed by atoms with Crippen LogP contribution in [-0.4, -0.2) is 34.7 Å². The third kappa shape index (κ3) is 4.50. The first-order valence-electron chi connectivity index (χ1n) is 5.41. The van der Waals surface area contributed by atoms with Crippen molar-refractivity contribution in [1.29, 1.82) is 0 Å². The van der Waals surface area contributed by atoms with Crippen LogP contribution in [0.1, 0.15) is 12.0 Å². The third-order valence-electron chi connectivity index (χ3n) is 2.33. The van der Waals surface area contributed by atoms with E-state index in [4.69, 9.17) is 10.2 Å². The molecular formula is C12H14FNO4. The molecular weight excluding hydrogens is 241 g/mol. The molecule has 1 amide bonds. The number of carboxylic acid groups (broad SMARTS) is 1. The number of carbonyl (C=O) groups is 2. The van der Waals surface area contributed by atoms with Gasteiger partial charge in [-0.25, -0.2) is 9.18 Å². The molecule has 0 heterocycles. The molecule has 5 nitrogen and oxygen atoms in total. The van der Waals surface area contributed by atoms with Gasteiger partial charge >= 0.3 is 5.97 Å². The molecule has 1 rings (SSSR count). The average Bonchev–Trinajstić information content (AvgIpc) is 2.32. The number of aliphatic hydroxyl groups is 1. The Kier molecular flexibility index (Phi) is 5.26. The van der Waals surface area contributed by atoms with Crippen LogP contribution in [0.4, 0.5) is 4.39 Å². The van der Waals surface area contributed by atoms with Crippen LogP contribution in [0.3, 0.4) is 0 Å².